The highest BCUT2D eigenvalue weighted by Crippen LogP contribution is 2.26. The van der Waals surface area contributed by atoms with E-state index in [1.54, 1.807) is 6.20 Å². The van der Waals surface area contributed by atoms with E-state index in [4.69, 9.17) is 5.73 Å². The molecule has 96 valence electrons. The zero-order chi connectivity index (χ0) is 12.4. The van der Waals surface area contributed by atoms with E-state index < -0.39 is 0 Å². The first-order chi connectivity index (χ1) is 8.83. The number of nitrogens with two attached hydrogens (primary N) is 1. The summed E-state index contributed by atoms with van der Waals surface area (Å²) in [5, 5.41) is 11.7. The number of H-pyrrole nitrogens is 1. The van der Waals surface area contributed by atoms with E-state index in [2.05, 4.69) is 25.5 Å². The largest absolute Gasteiger partial charge is 0.368 e. The second-order valence-electron chi connectivity index (χ2n) is 4.43. The molecule has 1 unspecified atom stereocenters. The van der Waals surface area contributed by atoms with Crippen LogP contribution >= 0.6 is 11.8 Å². The maximum atomic E-state index is 5.68. The fourth-order valence-electron chi connectivity index (χ4n) is 2.17. The summed E-state index contributed by atoms with van der Waals surface area (Å²) in [6.07, 6.45) is 5.66. The predicted molar refractivity (Wildman–Crippen MR) is 74.7 cm³/mol. The fraction of sp³-hybridized carbons (Fsp3) is 0.545. The molecule has 2 aromatic heterocycles. The van der Waals surface area contributed by atoms with Gasteiger partial charge in [0.1, 0.15) is 5.82 Å². The van der Waals surface area contributed by atoms with E-state index in [-0.39, 0.29) is 5.95 Å². The lowest BCUT2D eigenvalue weighted by Crippen LogP contribution is -2.20. The molecule has 2 aromatic rings. The molecule has 0 spiro atoms. The van der Waals surface area contributed by atoms with Gasteiger partial charge < -0.3 is 11.1 Å². The van der Waals surface area contributed by atoms with E-state index in [0.717, 1.165) is 17.7 Å². The molecule has 1 aliphatic rings. The summed E-state index contributed by atoms with van der Waals surface area (Å²) in [6.45, 7) is 0.918. The Morgan fingerprint density at radius 2 is 2.39 bits per heavy atom. The van der Waals surface area contributed by atoms with Crippen molar-refractivity contribution in [3.05, 3.63) is 6.20 Å². The van der Waals surface area contributed by atoms with E-state index in [1.165, 1.54) is 25.0 Å². The fourth-order valence-corrected chi connectivity index (χ4v) is 3.40. The maximum Gasteiger partial charge on any atom is 0.224 e. The third kappa shape index (κ3) is 2.35. The Bertz CT molecular complexity index is 533. The summed E-state index contributed by atoms with van der Waals surface area (Å²) in [6, 6.07) is 0. The standard InChI is InChI=1S/C11H16N6S/c12-11-15-9(8-6-14-17-10(8)16-11)13-5-7-3-1-2-4-18-7/h6-7H,1-5H2,(H4,12,13,14,15,16,17). The molecule has 4 N–H and O–H groups in total. The Morgan fingerprint density at radius 3 is 3.22 bits per heavy atom. The number of aromatic nitrogens is 4. The van der Waals surface area contributed by atoms with Crippen LogP contribution in [0, 0.1) is 0 Å². The number of fused-ring (bicyclic) bond motifs is 1. The van der Waals surface area contributed by atoms with Gasteiger partial charge in [0.25, 0.3) is 0 Å². The Balaban J connectivity index is 1.75. The number of hydrogen-bond acceptors (Lipinski definition) is 6. The molecule has 0 radical (unpaired) electrons. The zero-order valence-electron chi connectivity index (χ0n) is 10.0. The molecule has 18 heavy (non-hydrogen) atoms. The first-order valence-corrected chi connectivity index (χ1v) is 7.20. The smallest absolute Gasteiger partial charge is 0.224 e. The number of nitrogens with one attached hydrogen (secondary N) is 2. The van der Waals surface area contributed by atoms with E-state index in [0.29, 0.717) is 10.9 Å². The third-order valence-corrected chi connectivity index (χ3v) is 4.50. The molecule has 0 bridgehead atoms. The van der Waals surface area contributed by atoms with Crippen LogP contribution in [-0.2, 0) is 0 Å². The number of nitrogen functional groups attached to an aromatic ring is 1. The van der Waals surface area contributed by atoms with Crippen LogP contribution in [0.3, 0.4) is 0 Å². The lowest BCUT2D eigenvalue weighted by molar-refractivity contribution is 0.677. The van der Waals surface area contributed by atoms with Crippen molar-refractivity contribution in [2.24, 2.45) is 0 Å². The number of thioether (sulfide) groups is 1. The average molecular weight is 264 g/mol. The summed E-state index contributed by atoms with van der Waals surface area (Å²) >= 11 is 2.03. The normalized spacial score (nSPS) is 20.1. The van der Waals surface area contributed by atoms with Crippen LogP contribution in [0.25, 0.3) is 11.0 Å². The van der Waals surface area contributed by atoms with Gasteiger partial charge in [-0.1, -0.05) is 6.42 Å². The molecule has 0 aromatic carbocycles. The Hall–Kier alpha value is -1.50. The first-order valence-electron chi connectivity index (χ1n) is 6.15. The van der Waals surface area contributed by atoms with Crippen molar-refractivity contribution in [3.8, 4) is 0 Å². The highest BCUT2D eigenvalue weighted by atomic mass is 32.2. The maximum absolute atomic E-state index is 5.68. The zero-order valence-corrected chi connectivity index (χ0v) is 10.8. The molecule has 0 aliphatic carbocycles. The van der Waals surface area contributed by atoms with Crippen LogP contribution in [0.2, 0.25) is 0 Å². The number of rotatable bonds is 3. The summed E-state index contributed by atoms with van der Waals surface area (Å²) < 4.78 is 0. The summed E-state index contributed by atoms with van der Waals surface area (Å²) in [4.78, 5) is 8.34. The minimum absolute atomic E-state index is 0.269. The molecule has 1 aliphatic heterocycles. The van der Waals surface area contributed by atoms with Crippen molar-refractivity contribution in [2.75, 3.05) is 23.3 Å². The van der Waals surface area contributed by atoms with Gasteiger partial charge in [-0.25, -0.2) is 0 Å². The van der Waals surface area contributed by atoms with Gasteiger partial charge in [-0.05, 0) is 18.6 Å². The summed E-state index contributed by atoms with van der Waals surface area (Å²) in [5.41, 5.74) is 6.36. The van der Waals surface area contributed by atoms with Crippen LogP contribution in [0.15, 0.2) is 6.20 Å². The molecule has 7 heteroatoms. The van der Waals surface area contributed by atoms with Crippen LogP contribution in [-0.4, -0.2) is 37.7 Å². The topological polar surface area (TPSA) is 92.5 Å². The minimum Gasteiger partial charge on any atom is -0.368 e. The van der Waals surface area contributed by atoms with Crippen LogP contribution in [0.5, 0.6) is 0 Å². The van der Waals surface area contributed by atoms with Gasteiger partial charge in [0, 0.05) is 11.8 Å². The van der Waals surface area contributed by atoms with E-state index in [9.17, 15) is 0 Å². The van der Waals surface area contributed by atoms with Crippen LogP contribution in [0.4, 0.5) is 11.8 Å². The Labute approximate surface area is 109 Å². The lowest BCUT2D eigenvalue weighted by atomic mass is 10.2. The van der Waals surface area contributed by atoms with Crippen molar-refractivity contribution >= 4 is 34.6 Å². The Kier molecular flexibility index (Phi) is 3.22. The SMILES string of the molecule is Nc1nc(NCC2CCCCS2)c2cn[nH]c2n1. The van der Waals surface area contributed by atoms with Gasteiger partial charge in [0.05, 0.1) is 11.6 Å². The van der Waals surface area contributed by atoms with E-state index >= 15 is 0 Å². The average Bonchev–Trinajstić information content (AvgIpc) is 2.85. The van der Waals surface area contributed by atoms with Crippen LogP contribution < -0.4 is 11.1 Å². The number of hydrogen-bond donors (Lipinski definition) is 3. The second kappa shape index (κ2) is 5.01. The van der Waals surface area contributed by atoms with Gasteiger partial charge in [0.2, 0.25) is 5.95 Å². The number of nitrogens with zero attached hydrogens (tertiary/aromatic N) is 3. The molecule has 3 heterocycles. The minimum atomic E-state index is 0.269. The predicted octanol–water partition coefficient (Wildman–Crippen LogP) is 1.63. The van der Waals surface area contributed by atoms with Crippen molar-refractivity contribution in [3.63, 3.8) is 0 Å². The lowest BCUT2D eigenvalue weighted by Gasteiger charge is -2.21. The highest BCUT2D eigenvalue weighted by molar-refractivity contribution is 7.99. The second-order valence-corrected chi connectivity index (χ2v) is 5.84. The number of aromatic amines is 1. The molecule has 0 saturated carbocycles. The van der Waals surface area contributed by atoms with E-state index in [1.807, 2.05) is 11.8 Å². The monoisotopic (exact) mass is 264 g/mol. The molecule has 6 nitrogen and oxygen atoms in total. The third-order valence-electron chi connectivity index (χ3n) is 3.10. The highest BCUT2D eigenvalue weighted by Gasteiger charge is 2.15. The molecule has 1 saturated heterocycles. The van der Waals surface area contributed by atoms with Gasteiger partial charge in [0.15, 0.2) is 5.65 Å². The van der Waals surface area contributed by atoms with Gasteiger partial charge >= 0.3 is 0 Å². The molecular formula is C11H16N6S. The Morgan fingerprint density at radius 1 is 1.44 bits per heavy atom. The number of anilines is 2. The summed E-state index contributed by atoms with van der Waals surface area (Å²) in [5.74, 6) is 2.31. The molecular weight excluding hydrogens is 248 g/mol. The molecule has 1 atom stereocenters. The molecule has 0 amide bonds. The van der Waals surface area contributed by atoms with Crippen molar-refractivity contribution in [1.82, 2.24) is 20.2 Å². The van der Waals surface area contributed by atoms with Crippen LogP contribution in [0.1, 0.15) is 19.3 Å². The quantitative estimate of drug-likeness (QED) is 0.780. The molecule has 1 fully saturated rings. The van der Waals surface area contributed by atoms with Gasteiger partial charge in [-0.3, -0.25) is 5.10 Å². The van der Waals surface area contributed by atoms with Crippen molar-refractivity contribution in [1.29, 1.82) is 0 Å². The van der Waals surface area contributed by atoms with Crippen molar-refractivity contribution in [2.45, 2.75) is 24.5 Å². The van der Waals surface area contributed by atoms with Gasteiger partial charge in [-0.15, -0.1) is 0 Å². The molecule has 3 rings (SSSR count). The van der Waals surface area contributed by atoms with Gasteiger partial charge in [-0.2, -0.15) is 26.8 Å². The van der Waals surface area contributed by atoms with Crippen molar-refractivity contribution < 1.29 is 0 Å². The first kappa shape index (κ1) is 11.6. The summed E-state index contributed by atoms with van der Waals surface area (Å²) in [7, 11) is 0.